The molecule has 7 heteroatoms. The van der Waals surface area contributed by atoms with Gasteiger partial charge in [0.2, 0.25) is 5.91 Å². The largest absolute Gasteiger partial charge is 0.333 e. The van der Waals surface area contributed by atoms with E-state index in [1.165, 1.54) is 12.4 Å². The zero-order valence-corrected chi connectivity index (χ0v) is 13.1. The van der Waals surface area contributed by atoms with Crippen molar-refractivity contribution < 1.29 is 9.59 Å². The minimum absolute atomic E-state index is 0.0603. The second-order valence-electron chi connectivity index (χ2n) is 6.14. The SMILES string of the molecule is O=C1C[C@H]2[C@@H](CCN2C(=O)c2ccnnc2)N1Cc1cccnc1. The molecule has 0 N–H and O–H groups in total. The van der Waals surface area contributed by atoms with Crippen LogP contribution in [0, 0.1) is 0 Å². The van der Waals surface area contributed by atoms with Gasteiger partial charge in [0, 0.05) is 31.9 Å². The number of rotatable bonds is 3. The number of nitrogens with zero attached hydrogens (tertiary/aromatic N) is 5. The number of pyridine rings is 1. The first-order valence-electron chi connectivity index (χ1n) is 8.00. The number of carbonyl (C=O) groups excluding carboxylic acids is 2. The van der Waals surface area contributed by atoms with Gasteiger partial charge in [0.25, 0.3) is 5.91 Å². The average molecular weight is 323 g/mol. The third-order valence-electron chi connectivity index (χ3n) is 4.78. The van der Waals surface area contributed by atoms with E-state index in [1.807, 2.05) is 21.9 Å². The van der Waals surface area contributed by atoms with Crippen LogP contribution in [0.1, 0.15) is 28.8 Å². The quantitative estimate of drug-likeness (QED) is 0.838. The van der Waals surface area contributed by atoms with Crippen LogP contribution in [0.15, 0.2) is 43.0 Å². The fraction of sp³-hybridized carbons (Fsp3) is 0.353. The van der Waals surface area contributed by atoms with E-state index in [2.05, 4.69) is 15.2 Å². The van der Waals surface area contributed by atoms with Gasteiger partial charge < -0.3 is 9.80 Å². The van der Waals surface area contributed by atoms with Crippen molar-refractivity contribution in [1.29, 1.82) is 0 Å². The minimum Gasteiger partial charge on any atom is -0.333 e. The molecule has 2 aromatic rings. The molecule has 24 heavy (non-hydrogen) atoms. The van der Waals surface area contributed by atoms with E-state index < -0.39 is 0 Å². The van der Waals surface area contributed by atoms with Crippen LogP contribution in [0.25, 0.3) is 0 Å². The molecule has 2 aliphatic heterocycles. The molecule has 0 aromatic carbocycles. The molecule has 2 saturated heterocycles. The molecular weight excluding hydrogens is 306 g/mol. The molecule has 0 spiro atoms. The predicted molar refractivity (Wildman–Crippen MR) is 84.7 cm³/mol. The molecule has 7 nitrogen and oxygen atoms in total. The van der Waals surface area contributed by atoms with Crippen LogP contribution in [0.2, 0.25) is 0 Å². The zero-order valence-electron chi connectivity index (χ0n) is 13.1. The predicted octanol–water partition coefficient (Wildman–Crippen LogP) is 0.887. The monoisotopic (exact) mass is 323 g/mol. The Bertz CT molecular complexity index is 752. The summed E-state index contributed by atoms with van der Waals surface area (Å²) in [5.74, 6) is 0.0210. The second kappa shape index (κ2) is 5.99. The molecule has 0 saturated carbocycles. The first-order chi connectivity index (χ1) is 11.7. The number of hydrogen-bond acceptors (Lipinski definition) is 5. The maximum atomic E-state index is 12.7. The lowest BCUT2D eigenvalue weighted by molar-refractivity contribution is -0.129. The lowest BCUT2D eigenvalue weighted by Crippen LogP contribution is -2.39. The van der Waals surface area contributed by atoms with Crippen LogP contribution >= 0.6 is 0 Å². The van der Waals surface area contributed by atoms with Gasteiger partial charge in [0.15, 0.2) is 0 Å². The maximum absolute atomic E-state index is 12.7. The molecule has 4 rings (SSSR count). The van der Waals surface area contributed by atoms with Gasteiger partial charge in [-0.1, -0.05) is 6.07 Å². The van der Waals surface area contributed by atoms with Crippen molar-refractivity contribution in [2.75, 3.05) is 6.54 Å². The first-order valence-corrected chi connectivity index (χ1v) is 8.00. The number of likely N-dealkylation sites (tertiary alicyclic amines) is 2. The van der Waals surface area contributed by atoms with Crippen molar-refractivity contribution in [3.05, 3.63) is 54.1 Å². The first kappa shape index (κ1) is 14.7. The molecule has 2 fully saturated rings. The smallest absolute Gasteiger partial charge is 0.255 e. The van der Waals surface area contributed by atoms with E-state index in [4.69, 9.17) is 0 Å². The van der Waals surface area contributed by atoms with Gasteiger partial charge in [-0.25, -0.2) is 0 Å². The number of hydrogen-bond donors (Lipinski definition) is 0. The molecule has 0 aliphatic carbocycles. The van der Waals surface area contributed by atoms with Crippen LogP contribution in [0.3, 0.4) is 0 Å². The molecule has 0 radical (unpaired) electrons. The summed E-state index contributed by atoms with van der Waals surface area (Å²) in [6.45, 7) is 1.21. The van der Waals surface area contributed by atoms with Gasteiger partial charge >= 0.3 is 0 Å². The molecule has 2 aromatic heterocycles. The van der Waals surface area contributed by atoms with E-state index in [-0.39, 0.29) is 23.9 Å². The molecule has 0 bridgehead atoms. The second-order valence-corrected chi connectivity index (χ2v) is 6.14. The lowest BCUT2D eigenvalue weighted by atomic mass is 10.1. The van der Waals surface area contributed by atoms with Crippen molar-refractivity contribution in [3.8, 4) is 0 Å². The molecule has 2 atom stereocenters. The summed E-state index contributed by atoms with van der Waals surface area (Å²) >= 11 is 0. The maximum Gasteiger partial charge on any atom is 0.255 e. The molecular formula is C17H17N5O2. The Morgan fingerprint density at radius 2 is 2.08 bits per heavy atom. The van der Waals surface area contributed by atoms with Gasteiger partial charge in [0.1, 0.15) is 0 Å². The topological polar surface area (TPSA) is 79.3 Å². The minimum atomic E-state index is -0.0755. The summed E-state index contributed by atoms with van der Waals surface area (Å²) in [6.07, 6.45) is 7.67. The highest BCUT2D eigenvalue weighted by Crippen LogP contribution is 2.34. The van der Waals surface area contributed by atoms with Crippen molar-refractivity contribution in [1.82, 2.24) is 25.0 Å². The van der Waals surface area contributed by atoms with Crippen molar-refractivity contribution in [2.45, 2.75) is 31.5 Å². The fourth-order valence-corrected chi connectivity index (χ4v) is 3.66. The molecule has 122 valence electrons. The summed E-state index contributed by atoms with van der Waals surface area (Å²) in [6, 6.07) is 5.51. The summed E-state index contributed by atoms with van der Waals surface area (Å²) in [7, 11) is 0. The van der Waals surface area contributed by atoms with Crippen molar-refractivity contribution in [2.24, 2.45) is 0 Å². The van der Waals surface area contributed by atoms with Gasteiger partial charge in [-0.2, -0.15) is 10.2 Å². The van der Waals surface area contributed by atoms with E-state index >= 15 is 0 Å². The zero-order chi connectivity index (χ0) is 16.5. The van der Waals surface area contributed by atoms with E-state index in [0.29, 0.717) is 25.1 Å². The van der Waals surface area contributed by atoms with E-state index in [1.54, 1.807) is 18.5 Å². The van der Waals surface area contributed by atoms with Crippen molar-refractivity contribution >= 4 is 11.8 Å². The highest BCUT2D eigenvalue weighted by atomic mass is 16.2. The van der Waals surface area contributed by atoms with Crippen LogP contribution < -0.4 is 0 Å². The Kier molecular flexibility index (Phi) is 3.68. The summed E-state index contributed by atoms with van der Waals surface area (Å²) in [5.41, 5.74) is 1.53. The average Bonchev–Trinajstić information content (AvgIpc) is 3.16. The van der Waals surface area contributed by atoms with Crippen molar-refractivity contribution in [3.63, 3.8) is 0 Å². The number of carbonyl (C=O) groups is 2. The Hall–Kier alpha value is -2.83. The van der Waals surface area contributed by atoms with Gasteiger partial charge in [-0.05, 0) is 24.1 Å². The normalized spacial score (nSPS) is 22.8. The van der Waals surface area contributed by atoms with Gasteiger partial charge in [-0.3, -0.25) is 14.6 Å². The van der Waals surface area contributed by atoms with Gasteiger partial charge in [0.05, 0.1) is 30.0 Å². The third-order valence-corrected chi connectivity index (χ3v) is 4.78. The molecule has 2 amide bonds. The number of fused-ring (bicyclic) bond motifs is 1. The number of aromatic nitrogens is 3. The van der Waals surface area contributed by atoms with E-state index in [9.17, 15) is 9.59 Å². The summed E-state index contributed by atoms with van der Waals surface area (Å²) < 4.78 is 0. The Morgan fingerprint density at radius 1 is 1.17 bits per heavy atom. The third kappa shape index (κ3) is 2.51. The van der Waals surface area contributed by atoms with Crippen LogP contribution in [0.4, 0.5) is 0 Å². The Labute approximate surface area is 139 Å². The summed E-state index contributed by atoms with van der Waals surface area (Å²) in [4.78, 5) is 32.9. The lowest BCUT2D eigenvalue weighted by Gasteiger charge is -2.25. The highest BCUT2D eigenvalue weighted by molar-refractivity contribution is 5.95. The Morgan fingerprint density at radius 3 is 2.83 bits per heavy atom. The standard InChI is InChI=1S/C17H17N5O2/c23-16-8-15-14(22(16)11-12-2-1-5-18-9-12)4-7-21(15)17(24)13-3-6-19-20-10-13/h1-3,5-6,9-10,14-15H,4,7-8,11H2/t14-,15+/m1/s1. The summed E-state index contributed by atoms with van der Waals surface area (Å²) in [5, 5.41) is 7.47. The fourth-order valence-electron chi connectivity index (χ4n) is 3.66. The van der Waals surface area contributed by atoms with Crippen LogP contribution in [0.5, 0.6) is 0 Å². The molecule has 2 aliphatic rings. The Balaban J connectivity index is 1.52. The molecule has 4 heterocycles. The van der Waals surface area contributed by atoms with Crippen LogP contribution in [-0.2, 0) is 11.3 Å². The van der Waals surface area contributed by atoms with E-state index in [0.717, 1.165) is 12.0 Å². The molecule has 0 unspecified atom stereocenters. The highest BCUT2D eigenvalue weighted by Gasteiger charge is 2.48. The van der Waals surface area contributed by atoms with Gasteiger partial charge in [-0.15, -0.1) is 0 Å². The van der Waals surface area contributed by atoms with Crippen LogP contribution in [-0.4, -0.2) is 55.4 Å². The number of amides is 2.